The van der Waals surface area contributed by atoms with Crippen molar-refractivity contribution >= 4 is 0 Å². The summed E-state index contributed by atoms with van der Waals surface area (Å²) in [4.78, 5) is 4.27. The molecule has 0 saturated heterocycles. The van der Waals surface area contributed by atoms with E-state index in [0.29, 0.717) is 12.0 Å². The monoisotopic (exact) mass is 266 g/mol. The Kier molecular flexibility index (Phi) is 4.12. The van der Waals surface area contributed by atoms with Gasteiger partial charge in [-0.15, -0.1) is 0 Å². The molecule has 2 nitrogen and oxygen atoms in total. The number of nitrogens with one attached hydrogen (secondary N) is 1. The van der Waals surface area contributed by atoms with Crippen LogP contribution in [0.25, 0.3) is 0 Å². The highest BCUT2D eigenvalue weighted by atomic mass is 14.9. The molecule has 0 spiro atoms. The second kappa shape index (κ2) is 6.19. The second-order valence-corrected chi connectivity index (χ2v) is 5.63. The predicted molar refractivity (Wildman–Crippen MR) is 82.8 cm³/mol. The van der Waals surface area contributed by atoms with Crippen LogP contribution in [0.5, 0.6) is 0 Å². The largest absolute Gasteiger partial charge is 0.310 e. The van der Waals surface area contributed by atoms with E-state index in [9.17, 15) is 0 Å². The van der Waals surface area contributed by atoms with E-state index in [1.165, 1.54) is 24.0 Å². The Morgan fingerprint density at radius 2 is 2.15 bits per heavy atom. The van der Waals surface area contributed by atoms with Crippen molar-refractivity contribution in [1.29, 1.82) is 0 Å². The van der Waals surface area contributed by atoms with Gasteiger partial charge in [-0.3, -0.25) is 4.98 Å². The molecule has 1 aliphatic carbocycles. The summed E-state index contributed by atoms with van der Waals surface area (Å²) in [5.41, 5.74) is 4.38. The molecular weight excluding hydrogens is 244 g/mol. The molecule has 104 valence electrons. The fourth-order valence-electron chi connectivity index (χ4n) is 3.10. The first-order valence-corrected chi connectivity index (χ1v) is 7.59. The number of fused-ring (bicyclic) bond motifs is 1. The molecule has 3 rings (SSSR count). The maximum Gasteiger partial charge on any atom is 0.0341 e. The molecule has 2 atom stereocenters. The van der Waals surface area contributed by atoms with Gasteiger partial charge in [0, 0.05) is 18.4 Å². The van der Waals surface area contributed by atoms with Crippen molar-refractivity contribution in [3.8, 4) is 0 Å². The van der Waals surface area contributed by atoms with E-state index in [-0.39, 0.29) is 0 Å². The van der Waals surface area contributed by atoms with E-state index in [1.54, 1.807) is 5.56 Å². The van der Waals surface area contributed by atoms with E-state index in [0.717, 1.165) is 13.0 Å². The third-order valence-corrected chi connectivity index (χ3v) is 4.21. The molecule has 2 heteroatoms. The minimum Gasteiger partial charge on any atom is -0.310 e. The van der Waals surface area contributed by atoms with Gasteiger partial charge >= 0.3 is 0 Å². The van der Waals surface area contributed by atoms with Gasteiger partial charge in [0.25, 0.3) is 0 Å². The number of rotatable bonds is 6. The van der Waals surface area contributed by atoms with Crippen molar-refractivity contribution in [1.82, 2.24) is 10.3 Å². The molecule has 2 unspecified atom stereocenters. The van der Waals surface area contributed by atoms with Gasteiger partial charge in [0.15, 0.2) is 0 Å². The molecule has 2 aromatic rings. The quantitative estimate of drug-likeness (QED) is 0.859. The molecule has 0 bridgehead atoms. The van der Waals surface area contributed by atoms with Crippen LogP contribution in [0.15, 0.2) is 48.8 Å². The summed E-state index contributed by atoms with van der Waals surface area (Å²) < 4.78 is 0. The van der Waals surface area contributed by atoms with Gasteiger partial charge in [0.1, 0.15) is 0 Å². The van der Waals surface area contributed by atoms with Crippen LogP contribution in [0.3, 0.4) is 0 Å². The Hall–Kier alpha value is -1.67. The van der Waals surface area contributed by atoms with Crippen molar-refractivity contribution < 1.29 is 0 Å². The summed E-state index contributed by atoms with van der Waals surface area (Å²) in [7, 11) is 0. The number of nitrogens with zero attached hydrogens (tertiary/aromatic N) is 1. The Morgan fingerprint density at radius 3 is 2.90 bits per heavy atom. The lowest BCUT2D eigenvalue weighted by Crippen LogP contribution is -2.27. The average molecular weight is 266 g/mol. The van der Waals surface area contributed by atoms with Crippen molar-refractivity contribution in [2.45, 2.75) is 38.1 Å². The smallest absolute Gasteiger partial charge is 0.0341 e. The Morgan fingerprint density at radius 1 is 1.25 bits per heavy atom. The lowest BCUT2D eigenvalue weighted by molar-refractivity contribution is 0.427. The summed E-state index contributed by atoms with van der Waals surface area (Å²) in [6, 6.07) is 13.5. The summed E-state index contributed by atoms with van der Waals surface area (Å²) in [5.74, 6) is 0.695. The van der Waals surface area contributed by atoms with Crippen molar-refractivity contribution in [3.63, 3.8) is 0 Å². The summed E-state index contributed by atoms with van der Waals surface area (Å²) >= 11 is 0. The van der Waals surface area contributed by atoms with E-state index < -0.39 is 0 Å². The predicted octanol–water partition coefficient (Wildman–Crippen LogP) is 3.85. The van der Waals surface area contributed by atoms with Crippen LogP contribution in [-0.4, -0.2) is 11.5 Å². The lowest BCUT2D eigenvalue weighted by atomic mass is 9.74. The Balaban J connectivity index is 1.72. The summed E-state index contributed by atoms with van der Waals surface area (Å²) in [6.07, 6.45) is 7.40. The molecule has 0 fully saturated rings. The molecule has 1 aromatic heterocycles. The minimum atomic E-state index is 0.419. The molecule has 1 aromatic carbocycles. The first kappa shape index (κ1) is 13.3. The third-order valence-electron chi connectivity index (χ3n) is 4.21. The molecule has 1 heterocycles. The highest BCUT2D eigenvalue weighted by molar-refractivity contribution is 5.40. The Labute approximate surface area is 121 Å². The van der Waals surface area contributed by atoms with Gasteiger partial charge in [0.2, 0.25) is 0 Å². The second-order valence-electron chi connectivity index (χ2n) is 5.63. The van der Waals surface area contributed by atoms with Crippen molar-refractivity contribution in [2.75, 3.05) is 6.54 Å². The van der Waals surface area contributed by atoms with Crippen LogP contribution in [0.4, 0.5) is 0 Å². The molecule has 1 aliphatic rings. The molecule has 0 amide bonds. The SMILES string of the molecule is CCCNC(CC1Cc2ccccc21)c1cccnc1. The first-order valence-electron chi connectivity index (χ1n) is 7.59. The topological polar surface area (TPSA) is 24.9 Å². The van der Waals surface area contributed by atoms with Crippen LogP contribution in [0.2, 0.25) is 0 Å². The molecule has 0 aliphatic heterocycles. The molecule has 0 radical (unpaired) electrons. The van der Waals surface area contributed by atoms with Crippen LogP contribution >= 0.6 is 0 Å². The van der Waals surface area contributed by atoms with E-state index in [2.05, 4.69) is 47.6 Å². The van der Waals surface area contributed by atoms with Gasteiger partial charge < -0.3 is 5.32 Å². The fraction of sp³-hybridized carbons (Fsp3) is 0.389. The van der Waals surface area contributed by atoms with E-state index >= 15 is 0 Å². The van der Waals surface area contributed by atoms with Gasteiger partial charge in [-0.05, 0) is 54.5 Å². The molecule has 20 heavy (non-hydrogen) atoms. The lowest BCUT2D eigenvalue weighted by Gasteiger charge is -2.33. The van der Waals surface area contributed by atoms with Crippen molar-refractivity contribution in [3.05, 3.63) is 65.5 Å². The summed E-state index contributed by atoms with van der Waals surface area (Å²) in [5, 5.41) is 3.68. The maximum atomic E-state index is 4.27. The zero-order valence-electron chi connectivity index (χ0n) is 12.0. The number of hydrogen-bond donors (Lipinski definition) is 1. The van der Waals surface area contributed by atoms with E-state index in [4.69, 9.17) is 0 Å². The van der Waals surface area contributed by atoms with Crippen LogP contribution in [0, 0.1) is 0 Å². The standard InChI is InChI=1S/C18H22N2/c1-2-9-20-18(15-7-5-10-19-13-15)12-16-11-14-6-3-4-8-17(14)16/h3-8,10,13,16,18,20H,2,9,11-12H2,1H3. The number of hydrogen-bond acceptors (Lipinski definition) is 2. The fourth-order valence-corrected chi connectivity index (χ4v) is 3.10. The van der Waals surface area contributed by atoms with Gasteiger partial charge in [0.05, 0.1) is 0 Å². The molecular formula is C18H22N2. The van der Waals surface area contributed by atoms with Crippen LogP contribution < -0.4 is 5.32 Å². The molecule has 0 saturated carbocycles. The first-order chi connectivity index (χ1) is 9.88. The Bertz CT molecular complexity index is 550. The van der Waals surface area contributed by atoms with Crippen LogP contribution in [-0.2, 0) is 6.42 Å². The van der Waals surface area contributed by atoms with Gasteiger partial charge in [-0.1, -0.05) is 37.3 Å². The highest BCUT2D eigenvalue weighted by Crippen LogP contribution is 2.40. The average Bonchev–Trinajstić information content (AvgIpc) is 2.49. The highest BCUT2D eigenvalue weighted by Gasteiger charge is 2.28. The zero-order chi connectivity index (χ0) is 13.8. The minimum absolute atomic E-state index is 0.419. The number of aromatic nitrogens is 1. The number of pyridine rings is 1. The zero-order valence-corrected chi connectivity index (χ0v) is 12.0. The summed E-state index contributed by atoms with van der Waals surface area (Å²) in [6.45, 7) is 3.28. The number of benzene rings is 1. The van der Waals surface area contributed by atoms with E-state index in [1.807, 2.05) is 18.5 Å². The van der Waals surface area contributed by atoms with Crippen molar-refractivity contribution in [2.24, 2.45) is 0 Å². The van der Waals surface area contributed by atoms with Gasteiger partial charge in [-0.25, -0.2) is 0 Å². The normalized spacial score (nSPS) is 18.1. The van der Waals surface area contributed by atoms with Gasteiger partial charge in [-0.2, -0.15) is 0 Å². The van der Waals surface area contributed by atoms with Crippen LogP contribution in [0.1, 0.15) is 48.4 Å². The third kappa shape index (κ3) is 2.75. The molecule has 1 N–H and O–H groups in total. The maximum absolute atomic E-state index is 4.27.